The molecule has 0 atom stereocenters. The van der Waals surface area contributed by atoms with Crippen LogP contribution in [0.3, 0.4) is 0 Å². The minimum atomic E-state index is -0.0910. The molecule has 0 aliphatic rings. The van der Waals surface area contributed by atoms with Crippen molar-refractivity contribution in [3.05, 3.63) is 181 Å². The first-order valence-corrected chi connectivity index (χ1v) is 23.7. The normalized spacial score (nSPS) is 13.2. The molecule has 15 rings (SSSR count). The quantitative estimate of drug-likeness (QED) is 0.170. The molecule has 9 aromatic carbocycles. The summed E-state index contributed by atoms with van der Waals surface area (Å²) in [6, 6.07) is 61.8. The maximum Gasteiger partial charge on any atom is 0.146 e. The van der Waals surface area contributed by atoms with E-state index < -0.39 is 0 Å². The number of hydrogen-bond donors (Lipinski definition) is 0. The number of rotatable bonds is 2. The van der Waals surface area contributed by atoms with Crippen LogP contribution in [-0.2, 0) is 10.8 Å². The second-order valence-electron chi connectivity index (χ2n) is 21.2. The van der Waals surface area contributed by atoms with Crippen molar-refractivity contribution < 1.29 is 0 Å². The van der Waals surface area contributed by atoms with E-state index in [9.17, 15) is 0 Å². The molecular weight excluding hydrogens is 813 g/mol. The molecule has 0 spiro atoms. The first-order chi connectivity index (χ1) is 32.5. The maximum absolute atomic E-state index is 5.60. The molecule has 0 amide bonds. The summed E-state index contributed by atoms with van der Waals surface area (Å²) < 4.78 is 7.48. The summed E-state index contributed by atoms with van der Waals surface area (Å²) in [7, 11) is 0. The van der Waals surface area contributed by atoms with Gasteiger partial charge in [-0.15, -0.1) is 0 Å². The van der Waals surface area contributed by atoms with Gasteiger partial charge in [-0.25, -0.2) is 4.98 Å². The lowest BCUT2D eigenvalue weighted by Gasteiger charge is -2.21. The van der Waals surface area contributed by atoms with Crippen molar-refractivity contribution >= 4 is 120 Å². The highest BCUT2D eigenvalue weighted by atomic mass is 15.0. The maximum atomic E-state index is 5.60. The van der Waals surface area contributed by atoms with Gasteiger partial charge in [0.15, 0.2) is 0 Å². The summed E-state index contributed by atoms with van der Waals surface area (Å²) in [5, 5.41) is 17.8. The Morgan fingerprint density at radius 2 is 0.970 bits per heavy atom. The molecule has 0 bridgehead atoms. The van der Waals surface area contributed by atoms with E-state index in [-0.39, 0.29) is 10.8 Å². The van der Waals surface area contributed by atoms with E-state index in [0.29, 0.717) is 0 Å². The molecule has 318 valence electrons. The van der Waals surface area contributed by atoms with Crippen molar-refractivity contribution in [2.24, 2.45) is 0 Å². The lowest BCUT2D eigenvalue weighted by molar-refractivity contribution is 0.591. The van der Waals surface area contributed by atoms with Crippen LogP contribution in [0.25, 0.3) is 136 Å². The molecule has 15 aromatic rings. The molecule has 0 N–H and O–H groups in total. The summed E-state index contributed by atoms with van der Waals surface area (Å²) >= 11 is 0. The largest absolute Gasteiger partial charge is 0.309 e. The first kappa shape index (κ1) is 37.3. The molecule has 4 heteroatoms. The van der Waals surface area contributed by atoms with Gasteiger partial charge >= 0.3 is 0 Å². The highest BCUT2D eigenvalue weighted by molar-refractivity contribution is 6.41. The summed E-state index contributed by atoms with van der Waals surface area (Å²) in [5.41, 5.74) is 15.7. The standard InChI is InChI=1S/C63H46N4/c1-62(2,3)38-25-27-52-46(31-38)47-29-35-16-11-13-21-42(35)56-57-55-48-30-36-17-10-12-20-41(36)54-49-33-39(63(4,5)6)32-44(58(49)66(60(48)54)53(55)34-64-61(57)67(52)59(47)56)37-24-26-51-45(28-37)43-22-14-15-23-50(43)65(51)40-18-8-7-9-19-40/h7-34H,1-6H3. The Hall–Kier alpha value is -7.95. The van der Waals surface area contributed by atoms with Gasteiger partial charge in [0.2, 0.25) is 0 Å². The minimum absolute atomic E-state index is 0.0282. The van der Waals surface area contributed by atoms with Crippen LogP contribution in [0.4, 0.5) is 0 Å². The molecule has 0 fully saturated rings. The van der Waals surface area contributed by atoms with Gasteiger partial charge in [-0.3, -0.25) is 4.40 Å². The van der Waals surface area contributed by atoms with Crippen molar-refractivity contribution in [2.75, 3.05) is 0 Å². The molecule has 0 saturated carbocycles. The number of pyridine rings is 1. The van der Waals surface area contributed by atoms with E-state index in [0.717, 1.165) is 11.2 Å². The van der Waals surface area contributed by atoms with Gasteiger partial charge in [0, 0.05) is 65.1 Å². The highest BCUT2D eigenvalue weighted by Crippen LogP contribution is 2.52. The third kappa shape index (κ3) is 4.74. The zero-order valence-electron chi connectivity index (χ0n) is 38.5. The van der Waals surface area contributed by atoms with Crippen LogP contribution in [0.2, 0.25) is 0 Å². The Morgan fingerprint density at radius 3 is 1.73 bits per heavy atom. The van der Waals surface area contributed by atoms with Crippen LogP contribution >= 0.6 is 0 Å². The second kappa shape index (κ2) is 12.5. The number of benzene rings is 9. The summed E-state index contributed by atoms with van der Waals surface area (Å²) in [6.07, 6.45) is 2.19. The summed E-state index contributed by atoms with van der Waals surface area (Å²) in [4.78, 5) is 5.60. The zero-order valence-corrected chi connectivity index (χ0v) is 38.5. The average Bonchev–Trinajstić information content (AvgIpc) is 4.13. The predicted molar refractivity (Wildman–Crippen MR) is 286 cm³/mol. The van der Waals surface area contributed by atoms with Crippen LogP contribution in [0.1, 0.15) is 52.7 Å². The monoisotopic (exact) mass is 858 g/mol. The lowest BCUT2D eigenvalue weighted by Crippen LogP contribution is -2.11. The van der Waals surface area contributed by atoms with Gasteiger partial charge in [-0.2, -0.15) is 0 Å². The van der Waals surface area contributed by atoms with Gasteiger partial charge in [0.1, 0.15) is 5.65 Å². The number of nitrogens with zero attached hydrogens (tertiary/aromatic N) is 4. The van der Waals surface area contributed by atoms with Crippen molar-refractivity contribution in [2.45, 2.75) is 52.4 Å². The van der Waals surface area contributed by atoms with E-state index >= 15 is 0 Å². The molecule has 0 aliphatic heterocycles. The first-order valence-electron chi connectivity index (χ1n) is 23.7. The highest BCUT2D eigenvalue weighted by Gasteiger charge is 2.30. The fourth-order valence-corrected chi connectivity index (χ4v) is 12.2. The van der Waals surface area contributed by atoms with Crippen LogP contribution in [-0.4, -0.2) is 18.4 Å². The van der Waals surface area contributed by atoms with Gasteiger partial charge in [-0.05, 0) is 116 Å². The molecule has 67 heavy (non-hydrogen) atoms. The van der Waals surface area contributed by atoms with Crippen molar-refractivity contribution in [1.82, 2.24) is 18.4 Å². The predicted octanol–water partition coefficient (Wildman–Crippen LogP) is 17.0. The lowest BCUT2D eigenvalue weighted by atomic mass is 9.83. The molecule has 4 nitrogen and oxygen atoms in total. The molecule has 6 aromatic heterocycles. The van der Waals surface area contributed by atoms with E-state index in [4.69, 9.17) is 4.98 Å². The molecule has 0 aliphatic carbocycles. The van der Waals surface area contributed by atoms with E-state index in [1.807, 2.05) is 0 Å². The number of hydrogen-bond acceptors (Lipinski definition) is 1. The third-order valence-corrected chi connectivity index (χ3v) is 15.4. The molecule has 0 unspecified atom stereocenters. The third-order valence-electron chi connectivity index (χ3n) is 15.4. The van der Waals surface area contributed by atoms with Crippen LogP contribution in [0, 0.1) is 0 Å². The zero-order chi connectivity index (χ0) is 44.8. The smallest absolute Gasteiger partial charge is 0.146 e. The Morgan fingerprint density at radius 1 is 0.373 bits per heavy atom. The second-order valence-corrected chi connectivity index (χ2v) is 21.2. The van der Waals surface area contributed by atoms with E-state index in [1.165, 1.54) is 136 Å². The van der Waals surface area contributed by atoms with E-state index in [2.05, 4.69) is 225 Å². The van der Waals surface area contributed by atoms with Crippen LogP contribution in [0.5, 0.6) is 0 Å². The average molecular weight is 859 g/mol. The molecule has 0 saturated heterocycles. The Kier molecular flexibility index (Phi) is 6.94. The number of fused-ring (bicyclic) bond motifs is 20. The SMILES string of the molecule is CC(C)(C)c1ccc2c(c1)c1cc3ccccc3c3c4c5c6cc7ccccc7c7c8cc(C(C)(C)C)cc(-c9ccc%10c(c9)c9ccccc9n%10-c9ccccc9)c8n(c5cnc4n2c13)c67. The Bertz CT molecular complexity index is 4620. The summed E-state index contributed by atoms with van der Waals surface area (Å²) in [5.74, 6) is 0. The Balaban J connectivity index is 1.14. The van der Waals surface area contributed by atoms with Crippen molar-refractivity contribution in [3.8, 4) is 16.8 Å². The number of aromatic nitrogens is 4. The summed E-state index contributed by atoms with van der Waals surface area (Å²) in [6.45, 7) is 14.0. The van der Waals surface area contributed by atoms with Gasteiger partial charge in [-0.1, -0.05) is 139 Å². The molecule has 6 heterocycles. The minimum Gasteiger partial charge on any atom is -0.309 e. The fraction of sp³-hybridized carbons (Fsp3) is 0.127. The topological polar surface area (TPSA) is 26.6 Å². The van der Waals surface area contributed by atoms with Gasteiger partial charge < -0.3 is 8.97 Å². The van der Waals surface area contributed by atoms with Gasteiger partial charge in [0.05, 0.1) is 44.8 Å². The molecule has 0 radical (unpaired) electrons. The Labute approximate surface area is 386 Å². The fourth-order valence-electron chi connectivity index (χ4n) is 12.2. The van der Waals surface area contributed by atoms with Crippen LogP contribution in [0.15, 0.2) is 170 Å². The van der Waals surface area contributed by atoms with Crippen molar-refractivity contribution in [1.29, 1.82) is 0 Å². The molecular formula is C63H46N4. The van der Waals surface area contributed by atoms with Gasteiger partial charge in [0.25, 0.3) is 0 Å². The number of para-hydroxylation sites is 2. The van der Waals surface area contributed by atoms with Crippen LogP contribution < -0.4 is 0 Å². The van der Waals surface area contributed by atoms with Crippen molar-refractivity contribution in [3.63, 3.8) is 0 Å². The van der Waals surface area contributed by atoms with E-state index in [1.54, 1.807) is 0 Å².